The number of hydrogen-bond donors (Lipinski definition) is 3. The molecule has 8 heteroatoms. The minimum atomic E-state index is -1.32. The summed E-state index contributed by atoms with van der Waals surface area (Å²) in [4.78, 5) is 23.0. The van der Waals surface area contributed by atoms with Crippen LogP contribution < -0.4 is 17.2 Å². The zero-order valence-corrected chi connectivity index (χ0v) is 11.7. The maximum Gasteiger partial charge on any atom is 0.343 e. The molecule has 0 aliphatic rings. The van der Waals surface area contributed by atoms with E-state index in [0.29, 0.717) is 10.7 Å². The number of amides is 1. The third kappa shape index (κ3) is 2.61. The van der Waals surface area contributed by atoms with Crippen molar-refractivity contribution in [3.63, 3.8) is 0 Å². The number of nitrogens with zero attached hydrogens (tertiary/aromatic N) is 2. The second-order valence-electron chi connectivity index (χ2n) is 4.36. The van der Waals surface area contributed by atoms with Gasteiger partial charge in [0.25, 0.3) is 0 Å². The number of rotatable bonds is 5. The van der Waals surface area contributed by atoms with E-state index in [1.54, 1.807) is 31.3 Å². The number of primary amides is 1. The van der Waals surface area contributed by atoms with Crippen LogP contribution in [0.3, 0.4) is 0 Å². The van der Waals surface area contributed by atoms with Crippen LogP contribution in [0.1, 0.15) is 5.56 Å². The lowest BCUT2D eigenvalue weighted by Gasteiger charge is -2.25. The van der Waals surface area contributed by atoms with Crippen molar-refractivity contribution >= 4 is 17.7 Å². The molecule has 0 aliphatic carbocycles. The maximum atomic E-state index is 11.7. The average molecular weight is 293 g/mol. The second kappa shape index (κ2) is 5.51. The maximum absolute atomic E-state index is 11.7. The van der Waals surface area contributed by atoms with E-state index in [0.717, 1.165) is 0 Å². The Hall–Kier alpha value is -2.06. The molecule has 0 radical (unpaired) electrons. The highest BCUT2D eigenvalue weighted by atomic mass is 32.2. The van der Waals surface area contributed by atoms with Gasteiger partial charge in [0, 0.05) is 12.8 Å². The normalized spacial score (nSPS) is 13.9. The van der Waals surface area contributed by atoms with Crippen molar-refractivity contribution in [3.05, 3.63) is 46.4 Å². The number of benzene rings is 1. The molecular formula is C12H15N5O2S. The SMILES string of the molecule is Cn1c(SCC(N)(C(N)=O)c2ccccc2)n[nH]c1=O. The number of carbonyl (C=O) groups excluding carboxylic acids is 1. The fourth-order valence-corrected chi connectivity index (χ4v) is 2.72. The molecule has 2 rings (SSSR count). The molecule has 1 unspecified atom stereocenters. The Kier molecular flexibility index (Phi) is 3.96. The Morgan fingerprint density at radius 1 is 1.45 bits per heavy atom. The molecule has 0 aliphatic heterocycles. The first-order chi connectivity index (χ1) is 9.45. The van der Waals surface area contributed by atoms with Crippen molar-refractivity contribution in [2.45, 2.75) is 10.7 Å². The first-order valence-electron chi connectivity index (χ1n) is 5.83. The topological polar surface area (TPSA) is 120 Å². The third-order valence-electron chi connectivity index (χ3n) is 3.00. The summed E-state index contributed by atoms with van der Waals surface area (Å²) in [5, 5.41) is 6.62. The van der Waals surface area contributed by atoms with Crippen molar-refractivity contribution in [2.24, 2.45) is 18.5 Å². The highest BCUT2D eigenvalue weighted by molar-refractivity contribution is 7.99. The van der Waals surface area contributed by atoms with E-state index < -0.39 is 11.4 Å². The van der Waals surface area contributed by atoms with Crippen LogP contribution >= 0.6 is 11.8 Å². The predicted octanol–water partition coefficient (Wildman–Crippen LogP) is -0.460. The highest BCUT2D eigenvalue weighted by Gasteiger charge is 2.34. The lowest BCUT2D eigenvalue weighted by Crippen LogP contribution is -2.51. The molecule has 1 amide bonds. The highest BCUT2D eigenvalue weighted by Crippen LogP contribution is 2.26. The second-order valence-corrected chi connectivity index (χ2v) is 5.30. The Balaban J connectivity index is 2.25. The van der Waals surface area contributed by atoms with Gasteiger partial charge < -0.3 is 11.5 Å². The van der Waals surface area contributed by atoms with Crippen LogP contribution in [0.25, 0.3) is 0 Å². The minimum Gasteiger partial charge on any atom is -0.368 e. The first kappa shape index (κ1) is 14.4. The van der Waals surface area contributed by atoms with E-state index in [1.165, 1.54) is 16.3 Å². The molecule has 0 fully saturated rings. The van der Waals surface area contributed by atoms with E-state index >= 15 is 0 Å². The number of hydrogen-bond acceptors (Lipinski definition) is 5. The van der Waals surface area contributed by atoms with Gasteiger partial charge in [-0.1, -0.05) is 42.1 Å². The van der Waals surface area contributed by atoms with Crippen molar-refractivity contribution < 1.29 is 4.79 Å². The summed E-state index contributed by atoms with van der Waals surface area (Å²) in [6, 6.07) is 8.89. The van der Waals surface area contributed by atoms with E-state index in [2.05, 4.69) is 10.2 Å². The van der Waals surface area contributed by atoms with E-state index in [9.17, 15) is 9.59 Å². The summed E-state index contributed by atoms with van der Waals surface area (Å²) in [6.07, 6.45) is 0. The lowest BCUT2D eigenvalue weighted by molar-refractivity contribution is -0.122. The summed E-state index contributed by atoms with van der Waals surface area (Å²) in [5.41, 5.74) is 10.6. The lowest BCUT2D eigenvalue weighted by atomic mass is 9.92. The van der Waals surface area contributed by atoms with Crippen molar-refractivity contribution in [1.29, 1.82) is 0 Å². The summed E-state index contributed by atoms with van der Waals surface area (Å²) in [6.45, 7) is 0. The van der Waals surface area contributed by atoms with Crippen LogP contribution in [0.15, 0.2) is 40.3 Å². The third-order valence-corrected chi connectivity index (χ3v) is 4.22. The smallest absolute Gasteiger partial charge is 0.343 e. The van der Waals surface area contributed by atoms with Gasteiger partial charge in [0.1, 0.15) is 5.54 Å². The van der Waals surface area contributed by atoms with Gasteiger partial charge in [-0.3, -0.25) is 9.36 Å². The number of aromatic amines is 1. The van der Waals surface area contributed by atoms with Crippen molar-refractivity contribution in [2.75, 3.05) is 5.75 Å². The van der Waals surface area contributed by atoms with Gasteiger partial charge in [-0.05, 0) is 5.56 Å². The molecule has 1 aromatic heterocycles. The molecule has 1 heterocycles. The zero-order valence-electron chi connectivity index (χ0n) is 10.9. The van der Waals surface area contributed by atoms with Gasteiger partial charge in [0.2, 0.25) is 5.91 Å². The van der Waals surface area contributed by atoms with Crippen LogP contribution in [-0.4, -0.2) is 26.4 Å². The predicted molar refractivity (Wildman–Crippen MR) is 76.1 cm³/mol. The minimum absolute atomic E-state index is 0.185. The zero-order chi connectivity index (χ0) is 14.8. The largest absolute Gasteiger partial charge is 0.368 e. The number of carbonyl (C=O) groups is 1. The molecule has 2 aromatic rings. The quantitative estimate of drug-likeness (QED) is 0.644. The molecule has 1 aromatic carbocycles. The number of thioether (sulfide) groups is 1. The van der Waals surface area contributed by atoms with Crippen molar-refractivity contribution in [1.82, 2.24) is 14.8 Å². The Bertz CT molecular complexity index is 666. The molecule has 1 atom stereocenters. The van der Waals surface area contributed by atoms with Gasteiger partial charge in [0.05, 0.1) is 0 Å². The summed E-state index contributed by atoms with van der Waals surface area (Å²) in [7, 11) is 1.58. The Morgan fingerprint density at radius 2 is 2.10 bits per heavy atom. The first-order valence-corrected chi connectivity index (χ1v) is 6.82. The van der Waals surface area contributed by atoms with Gasteiger partial charge in [0.15, 0.2) is 5.16 Å². The standard InChI is InChI=1S/C12H15N5O2S/c1-17-10(19)15-16-11(17)20-7-12(14,9(13)18)8-5-3-2-4-6-8/h2-6H,7,14H2,1H3,(H2,13,18)(H,15,19). The fourth-order valence-electron chi connectivity index (χ4n) is 1.67. The number of H-pyrrole nitrogens is 1. The molecule has 5 N–H and O–H groups in total. The Labute approximate surface area is 119 Å². The van der Waals surface area contributed by atoms with E-state index in [-0.39, 0.29) is 11.4 Å². The summed E-state index contributed by atoms with van der Waals surface area (Å²) < 4.78 is 1.34. The molecular weight excluding hydrogens is 278 g/mol. The molecule has 0 saturated heterocycles. The van der Waals surface area contributed by atoms with Crippen LogP contribution in [-0.2, 0) is 17.4 Å². The van der Waals surface area contributed by atoms with Crippen molar-refractivity contribution in [3.8, 4) is 0 Å². The number of aromatic nitrogens is 3. The van der Waals surface area contributed by atoms with Crippen LogP contribution in [0.4, 0.5) is 0 Å². The molecule has 106 valence electrons. The molecule has 0 bridgehead atoms. The number of nitrogens with two attached hydrogens (primary N) is 2. The summed E-state index contributed by atoms with van der Waals surface area (Å²) >= 11 is 1.19. The fraction of sp³-hybridized carbons (Fsp3) is 0.250. The average Bonchev–Trinajstić information content (AvgIpc) is 2.77. The summed E-state index contributed by atoms with van der Waals surface area (Å²) in [5.74, 6) is -0.443. The molecule has 0 spiro atoms. The van der Waals surface area contributed by atoms with Gasteiger partial charge in [-0.15, -0.1) is 5.10 Å². The van der Waals surface area contributed by atoms with E-state index in [4.69, 9.17) is 11.5 Å². The van der Waals surface area contributed by atoms with Gasteiger partial charge >= 0.3 is 5.69 Å². The van der Waals surface area contributed by atoms with Gasteiger partial charge in [-0.2, -0.15) is 0 Å². The molecule has 7 nitrogen and oxygen atoms in total. The monoisotopic (exact) mass is 293 g/mol. The van der Waals surface area contributed by atoms with Gasteiger partial charge in [-0.25, -0.2) is 9.89 Å². The molecule has 20 heavy (non-hydrogen) atoms. The van der Waals surface area contributed by atoms with Crippen LogP contribution in [0.5, 0.6) is 0 Å². The van der Waals surface area contributed by atoms with Crippen LogP contribution in [0.2, 0.25) is 0 Å². The van der Waals surface area contributed by atoms with Crippen LogP contribution in [0, 0.1) is 0 Å². The molecule has 0 saturated carbocycles. The Morgan fingerprint density at radius 3 is 2.60 bits per heavy atom. The number of nitrogens with one attached hydrogen (secondary N) is 1. The van der Waals surface area contributed by atoms with E-state index in [1.807, 2.05) is 6.07 Å².